The lowest BCUT2D eigenvalue weighted by molar-refractivity contribution is -0.195. The van der Waals surface area contributed by atoms with Crippen LogP contribution in [0.1, 0.15) is 10.9 Å². The second kappa shape index (κ2) is 11.8. The van der Waals surface area contributed by atoms with Crippen molar-refractivity contribution in [3.63, 3.8) is 0 Å². The van der Waals surface area contributed by atoms with Crippen molar-refractivity contribution in [2.24, 2.45) is 0 Å². The smallest absolute Gasteiger partial charge is 0.194 e. The van der Waals surface area contributed by atoms with Crippen molar-refractivity contribution in [3.8, 4) is 11.3 Å². The van der Waals surface area contributed by atoms with E-state index in [4.69, 9.17) is 9.47 Å². The van der Waals surface area contributed by atoms with Crippen LogP contribution in [-0.4, -0.2) is 65.5 Å². The molecule has 1 fully saturated rings. The van der Waals surface area contributed by atoms with Crippen LogP contribution in [0.2, 0.25) is 0 Å². The molecule has 0 saturated carbocycles. The largest absolute Gasteiger partial charge is 0.394 e. The van der Waals surface area contributed by atoms with E-state index in [2.05, 4.69) is 36.2 Å². The van der Waals surface area contributed by atoms with E-state index in [1.807, 2.05) is 6.07 Å². The van der Waals surface area contributed by atoms with Crippen molar-refractivity contribution in [3.05, 3.63) is 75.3 Å². The number of thiazole rings is 1. The van der Waals surface area contributed by atoms with Gasteiger partial charge in [0.05, 0.1) is 29.8 Å². The second-order valence-corrected chi connectivity index (χ2v) is 11.3. The summed E-state index contributed by atoms with van der Waals surface area (Å²) < 4.78 is 55.5. The number of hydrogen-bond acceptors (Lipinski definition) is 10. The molecular weight excluding hydrogens is 611 g/mol. The second-order valence-electron chi connectivity index (χ2n) is 8.24. The molecule has 4 aromatic rings. The zero-order valence-electron chi connectivity index (χ0n) is 19.2. The maximum atomic E-state index is 13.8. The molecule has 1 saturated heterocycles. The molecule has 5 atom stereocenters. The highest BCUT2D eigenvalue weighted by molar-refractivity contribution is 9.10. The number of nitrogens with zero attached hydrogens (tertiary/aromatic N) is 5. The summed E-state index contributed by atoms with van der Waals surface area (Å²) in [6, 6.07) is 2.52. The molecule has 1 aliphatic heterocycles. The van der Waals surface area contributed by atoms with E-state index >= 15 is 0 Å². The highest BCUT2D eigenvalue weighted by Gasteiger charge is 2.48. The van der Waals surface area contributed by atoms with Crippen molar-refractivity contribution < 1.29 is 32.9 Å². The van der Waals surface area contributed by atoms with Crippen LogP contribution in [-0.2, 0) is 16.1 Å². The first-order valence-corrected chi connectivity index (χ1v) is 13.7. The summed E-state index contributed by atoms with van der Waals surface area (Å²) in [5, 5.41) is 29.2. The van der Waals surface area contributed by atoms with Crippen molar-refractivity contribution >= 4 is 39.0 Å². The van der Waals surface area contributed by atoms with E-state index in [9.17, 15) is 23.4 Å². The average molecular weight is 630 g/mol. The average Bonchev–Trinajstić information content (AvgIpc) is 3.59. The first kappa shape index (κ1) is 27.2. The van der Waals surface area contributed by atoms with Gasteiger partial charge >= 0.3 is 0 Å². The van der Waals surface area contributed by atoms with Crippen LogP contribution in [0.25, 0.3) is 11.3 Å². The van der Waals surface area contributed by atoms with E-state index in [0.717, 1.165) is 26.4 Å². The minimum Gasteiger partial charge on any atom is -0.394 e. The van der Waals surface area contributed by atoms with Gasteiger partial charge in [-0.25, -0.2) is 17.9 Å². The molecule has 1 aromatic carbocycles. The third-order valence-electron chi connectivity index (χ3n) is 5.75. The Kier molecular flexibility index (Phi) is 8.42. The summed E-state index contributed by atoms with van der Waals surface area (Å²) >= 11 is 6.05. The monoisotopic (exact) mass is 629 g/mol. The summed E-state index contributed by atoms with van der Waals surface area (Å²) in [6.45, 7) is -0.349. The summed E-state index contributed by atoms with van der Waals surface area (Å²) in [5.74, 6) is -4.33. The summed E-state index contributed by atoms with van der Waals surface area (Å²) in [5.41, 5.74) is 0.927. The van der Waals surface area contributed by atoms with Crippen LogP contribution in [0, 0.1) is 17.5 Å². The van der Waals surface area contributed by atoms with E-state index < -0.39 is 53.8 Å². The molecule has 5 rings (SSSR count). The predicted octanol–water partition coefficient (Wildman–Crippen LogP) is 3.97. The first-order chi connectivity index (χ1) is 18.3. The summed E-state index contributed by atoms with van der Waals surface area (Å²) in [7, 11) is 0. The normalized spacial score (nSPS) is 23.6. The van der Waals surface area contributed by atoms with Crippen LogP contribution in [0.15, 0.2) is 57.9 Å². The SMILES string of the molecule is OCC1OC(Sc2cncc(Br)c2)C(OCc2cncs2)C(n2cc(-c3cc(F)c(F)c(F)c3)nn2)C1O. The quantitative estimate of drug-likeness (QED) is 0.279. The molecule has 3 aromatic heterocycles. The minimum atomic E-state index is -1.59. The molecule has 1 aliphatic rings. The Hall–Kier alpha value is -2.40. The molecule has 0 aliphatic carbocycles. The zero-order chi connectivity index (χ0) is 26.8. The van der Waals surface area contributed by atoms with E-state index in [-0.39, 0.29) is 17.9 Å². The van der Waals surface area contributed by atoms with Gasteiger partial charge in [-0.1, -0.05) is 17.0 Å². The van der Waals surface area contributed by atoms with Crippen LogP contribution < -0.4 is 0 Å². The van der Waals surface area contributed by atoms with Crippen LogP contribution in [0.5, 0.6) is 0 Å². The fourth-order valence-electron chi connectivity index (χ4n) is 3.98. The van der Waals surface area contributed by atoms with Gasteiger partial charge in [-0.3, -0.25) is 9.97 Å². The van der Waals surface area contributed by atoms with Crippen LogP contribution in [0.3, 0.4) is 0 Å². The molecule has 4 heterocycles. The van der Waals surface area contributed by atoms with Crippen LogP contribution >= 0.6 is 39.0 Å². The lowest BCUT2D eigenvalue weighted by Crippen LogP contribution is -2.55. The molecule has 200 valence electrons. The number of hydrogen-bond donors (Lipinski definition) is 2. The van der Waals surface area contributed by atoms with Crippen molar-refractivity contribution in [2.75, 3.05) is 6.61 Å². The van der Waals surface area contributed by atoms with Gasteiger partial charge in [0.1, 0.15) is 35.5 Å². The molecule has 38 heavy (non-hydrogen) atoms. The molecule has 0 radical (unpaired) electrons. The topological polar surface area (TPSA) is 115 Å². The van der Waals surface area contributed by atoms with Gasteiger partial charge in [-0.2, -0.15) is 0 Å². The Labute approximate surface area is 230 Å². The Bertz CT molecular complexity index is 1380. The summed E-state index contributed by atoms with van der Waals surface area (Å²) in [6.07, 6.45) is 3.15. The Morgan fingerprint density at radius 1 is 1.13 bits per heavy atom. The standard InChI is InChI=1S/C23H19BrF3N5O4S2/c24-12-3-13(5-28-4-12)38-23-22(35-9-14-6-29-10-37-14)20(21(34)18(8-33)36-23)32-7-17(30-31-32)11-1-15(25)19(27)16(26)2-11/h1-7,10,18,20-23,33-34H,8-9H2. The first-order valence-electron chi connectivity index (χ1n) is 11.1. The highest BCUT2D eigenvalue weighted by Crippen LogP contribution is 2.40. The van der Waals surface area contributed by atoms with Crippen LogP contribution in [0.4, 0.5) is 13.2 Å². The molecule has 0 bridgehead atoms. The van der Waals surface area contributed by atoms with Gasteiger partial charge in [-0.15, -0.1) is 16.4 Å². The van der Waals surface area contributed by atoms with E-state index in [1.165, 1.54) is 34.0 Å². The van der Waals surface area contributed by atoms with Gasteiger partial charge in [0.25, 0.3) is 0 Å². The number of halogens is 4. The maximum absolute atomic E-state index is 13.8. The number of pyridine rings is 1. The lowest BCUT2D eigenvalue weighted by Gasteiger charge is -2.43. The van der Waals surface area contributed by atoms with Gasteiger partial charge < -0.3 is 19.7 Å². The number of aromatic nitrogens is 5. The molecule has 2 N–H and O–H groups in total. The number of thioether (sulfide) groups is 1. The van der Waals surface area contributed by atoms with Crippen molar-refractivity contribution in [2.45, 2.75) is 41.3 Å². The molecular formula is C23H19BrF3N5O4S2. The number of ether oxygens (including phenoxy) is 2. The molecule has 9 nitrogen and oxygen atoms in total. The minimum absolute atomic E-state index is 0.0406. The third kappa shape index (κ3) is 5.78. The van der Waals surface area contributed by atoms with E-state index in [1.54, 1.807) is 24.1 Å². The fraction of sp³-hybridized carbons (Fsp3) is 0.304. The van der Waals surface area contributed by atoms with Gasteiger partial charge in [0.15, 0.2) is 17.5 Å². The number of aliphatic hydroxyl groups excluding tert-OH is 2. The number of rotatable bonds is 8. The Balaban J connectivity index is 1.51. The highest BCUT2D eigenvalue weighted by atomic mass is 79.9. The lowest BCUT2D eigenvalue weighted by atomic mass is 9.97. The fourth-order valence-corrected chi connectivity index (χ4v) is 6.16. The van der Waals surface area contributed by atoms with Crippen molar-refractivity contribution in [1.29, 1.82) is 0 Å². The molecule has 0 spiro atoms. The Morgan fingerprint density at radius 3 is 2.61 bits per heavy atom. The number of benzene rings is 1. The zero-order valence-corrected chi connectivity index (χ0v) is 22.4. The molecule has 15 heteroatoms. The summed E-state index contributed by atoms with van der Waals surface area (Å²) in [4.78, 5) is 9.77. The maximum Gasteiger partial charge on any atom is 0.194 e. The van der Waals surface area contributed by atoms with Crippen molar-refractivity contribution in [1.82, 2.24) is 25.0 Å². The number of aliphatic hydroxyl groups is 2. The third-order valence-corrected chi connectivity index (χ3v) is 8.05. The molecule has 5 unspecified atom stereocenters. The predicted molar refractivity (Wildman–Crippen MR) is 135 cm³/mol. The van der Waals surface area contributed by atoms with Gasteiger partial charge in [-0.05, 0) is 34.1 Å². The molecule has 0 amide bonds. The van der Waals surface area contributed by atoms with Gasteiger partial charge in [0, 0.05) is 33.5 Å². The van der Waals surface area contributed by atoms with Gasteiger partial charge in [0.2, 0.25) is 0 Å². The van der Waals surface area contributed by atoms with E-state index in [0.29, 0.717) is 0 Å². The Morgan fingerprint density at radius 2 is 1.92 bits per heavy atom.